The standard InChI is InChI=1S/C25H24FNO3S/c1-2-30-25(29)23-20-13-10-18(17-6-4-3-5-7-17)15-21(20)31-24(23)27-22(28)14-16-8-11-19(26)12-9-16/h3-9,11-12,18H,2,10,13-15H2,1H3,(H,27,28). The van der Waals surface area contributed by atoms with Crippen LogP contribution in [0.3, 0.4) is 0 Å². The van der Waals surface area contributed by atoms with E-state index in [-0.39, 0.29) is 24.8 Å². The maximum atomic E-state index is 13.1. The van der Waals surface area contributed by atoms with E-state index in [0.717, 1.165) is 29.7 Å². The van der Waals surface area contributed by atoms with Crippen LogP contribution in [-0.4, -0.2) is 18.5 Å². The summed E-state index contributed by atoms with van der Waals surface area (Å²) >= 11 is 1.46. The van der Waals surface area contributed by atoms with Gasteiger partial charge in [0.25, 0.3) is 0 Å². The molecule has 1 aliphatic rings. The number of nitrogens with one attached hydrogen (secondary N) is 1. The van der Waals surface area contributed by atoms with E-state index in [2.05, 4.69) is 17.4 Å². The highest BCUT2D eigenvalue weighted by Crippen LogP contribution is 2.42. The van der Waals surface area contributed by atoms with Crippen LogP contribution in [0, 0.1) is 5.82 Å². The van der Waals surface area contributed by atoms with E-state index < -0.39 is 5.97 Å². The molecule has 3 aromatic rings. The van der Waals surface area contributed by atoms with E-state index in [1.165, 1.54) is 29.0 Å². The van der Waals surface area contributed by atoms with Crippen molar-refractivity contribution in [3.05, 3.63) is 87.5 Å². The van der Waals surface area contributed by atoms with Gasteiger partial charge in [0, 0.05) is 4.88 Å². The first-order valence-corrected chi connectivity index (χ1v) is 11.3. The Bertz CT molecular complexity index is 1080. The number of ether oxygens (including phenoxy) is 1. The molecule has 2 aromatic carbocycles. The number of esters is 1. The van der Waals surface area contributed by atoms with E-state index >= 15 is 0 Å². The summed E-state index contributed by atoms with van der Waals surface area (Å²) in [5, 5.41) is 3.46. The minimum atomic E-state index is -0.393. The molecule has 0 saturated carbocycles. The van der Waals surface area contributed by atoms with Crippen LogP contribution < -0.4 is 5.32 Å². The third-order valence-corrected chi connectivity index (χ3v) is 6.72. The van der Waals surface area contributed by atoms with Crippen molar-refractivity contribution >= 4 is 28.2 Å². The smallest absolute Gasteiger partial charge is 0.341 e. The number of benzene rings is 2. The lowest BCUT2D eigenvalue weighted by atomic mass is 9.83. The van der Waals surface area contributed by atoms with Crippen LogP contribution >= 0.6 is 11.3 Å². The van der Waals surface area contributed by atoms with Crippen LogP contribution in [0.25, 0.3) is 0 Å². The second-order valence-corrected chi connectivity index (χ2v) is 8.74. The van der Waals surface area contributed by atoms with Gasteiger partial charge in [-0.25, -0.2) is 9.18 Å². The van der Waals surface area contributed by atoms with E-state index in [1.807, 2.05) is 18.2 Å². The van der Waals surface area contributed by atoms with Gasteiger partial charge >= 0.3 is 5.97 Å². The Morgan fingerprint density at radius 2 is 1.87 bits per heavy atom. The second-order valence-electron chi connectivity index (χ2n) is 7.63. The molecule has 1 atom stereocenters. The van der Waals surface area contributed by atoms with E-state index in [4.69, 9.17) is 4.74 Å². The van der Waals surface area contributed by atoms with Gasteiger partial charge in [0.2, 0.25) is 5.91 Å². The van der Waals surface area contributed by atoms with Gasteiger partial charge in [0.15, 0.2) is 0 Å². The molecule has 1 aromatic heterocycles. The maximum absolute atomic E-state index is 13.1. The Morgan fingerprint density at radius 1 is 1.13 bits per heavy atom. The highest BCUT2D eigenvalue weighted by atomic mass is 32.1. The Balaban J connectivity index is 1.58. The number of carbonyl (C=O) groups excluding carboxylic acids is 2. The Hall–Kier alpha value is -2.99. The fourth-order valence-corrected chi connectivity index (χ4v) is 5.39. The van der Waals surface area contributed by atoms with Crippen molar-refractivity contribution in [1.29, 1.82) is 0 Å². The average molecular weight is 438 g/mol. The first kappa shape index (κ1) is 21.2. The van der Waals surface area contributed by atoms with Crippen LogP contribution in [0.4, 0.5) is 9.39 Å². The van der Waals surface area contributed by atoms with Crippen molar-refractivity contribution in [2.75, 3.05) is 11.9 Å². The summed E-state index contributed by atoms with van der Waals surface area (Å²) < 4.78 is 18.4. The number of hydrogen-bond donors (Lipinski definition) is 1. The number of anilines is 1. The van der Waals surface area contributed by atoms with Gasteiger partial charge < -0.3 is 10.1 Å². The molecule has 160 valence electrons. The predicted molar refractivity (Wildman–Crippen MR) is 120 cm³/mol. The maximum Gasteiger partial charge on any atom is 0.341 e. The van der Waals surface area contributed by atoms with Crippen molar-refractivity contribution in [1.82, 2.24) is 0 Å². The SMILES string of the molecule is CCOC(=O)c1c(NC(=O)Cc2ccc(F)cc2)sc2c1CCC(c1ccccc1)C2. The molecule has 4 rings (SSSR count). The first-order chi connectivity index (χ1) is 15.0. The third kappa shape index (κ3) is 4.85. The summed E-state index contributed by atoms with van der Waals surface area (Å²) in [6, 6.07) is 16.2. The van der Waals surface area contributed by atoms with Gasteiger partial charge in [-0.2, -0.15) is 0 Å². The molecule has 0 radical (unpaired) electrons. The molecule has 6 heteroatoms. The number of halogens is 1. The highest BCUT2D eigenvalue weighted by Gasteiger charge is 2.30. The van der Waals surface area contributed by atoms with Crippen LogP contribution in [0.5, 0.6) is 0 Å². The third-order valence-electron chi connectivity index (χ3n) is 5.55. The molecular formula is C25H24FNO3S. The van der Waals surface area contributed by atoms with Crippen LogP contribution in [0.1, 0.15) is 51.2 Å². The summed E-state index contributed by atoms with van der Waals surface area (Å²) in [7, 11) is 0. The molecule has 4 nitrogen and oxygen atoms in total. The first-order valence-electron chi connectivity index (χ1n) is 10.5. The number of amides is 1. The quantitative estimate of drug-likeness (QED) is 0.517. The van der Waals surface area contributed by atoms with Crippen molar-refractivity contribution in [2.24, 2.45) is 0 Å². The molecule has 0 bridgehead atoms. The normalized spacial score (nSPS) is 15.2. The average Bonchev–Trinajstić information content (AvgIpc) is 3.13. The zero-order chi connectivity index (χ0) is 21.8. The molecule has 1 amide bonds. The summed E-state index contributed by atoms with van der Waals surface area (Å²) in [6.45, 7) is 2.05. The van der Waals surface area contributed by atoms with E-state index in [0.29, 0.717) is 22.0 Å². The molecule has 0 aliphatic heterocycles. The fourth-order valence-electron chi connectivity index (χ4n) is 4.06. The van der Waals surface area contributed by atoms with Crippen molar-refractivity contribution < 1.29 is 18.7 Å². The zero-order valence-corrected chi connectivity index (χ0v) is 18.1. The Labute approximate surface area is 185 Å². The molecule has 1 aliphatic carbocycles. The molecule has 1 heterocycles. The van der Waals surface area contributed by atoms with Crippen molar-refractivity contribution in [3.63, 3.8) is 0 Å². The molecular weight excluding hydrogens is 413 g/mol. The van der Waals surface area contributed by atoms with Gasteiger partial charge in [-0.3, -0.25) is 4.79 Å². The fraction of sp³-hybridized carbons (Fsp3) is 0.280. The number of carbonyl (C=O) groups is 2. The lowest BCUT2D eigenvalue weighted by Crippen LogP contribution is -2.18. The lowest BCUT2D eigenvalue weighted by Gasteiger charge is -2.23. The van der Waals surface area contributed by atoms with Gasteiger partial charge in [0.1, 0.15) is 10.8 Å². The van der Waals surface area contributed by atoms with Gasteiger partial charge in [-0.15, -0.1) is 11.3 Å². The minimum Gasteiger partial charge on any atom is -0.462 e. The monoisotopic (exact) mass is 437 g/mol. The Morgan fingerprint density at radius 3 is 2.58 bits per heavy atom. The predicted octanol–water partition coefficient (Wildman–Crippen LogP) is 5.52. The lowest BCUT2D eigenvalue weighted by molar-refractivity contribution is -0.115. The van der Waals surface area contributed by atoms with Gasteiger partial charge in [0.05, 0.1) is 18.6 Å². The molecule has 31 heavy (non-hydrogen) atoms. The van der Waals surface area contributed by atoms with E-state index in [1.54, 1.807) is 19.1 Å². The highest BCUT2D eigenvalue weighted by molar-refractivity contribution is 7.17. The summed E-state index contributed by atoms with van der Waals surface area (Å²) in [4.78, 5) is 26.5. The summed E-state index contributed by atoms with van der Waals surface area (Å²) in [5.41, 5.74) is 3.48. The van der Waals surface area contributed by atoms with Crippen molar-refractivity contribution in [3.8, 4) is 0 Å². The van der Waals surface area contributed by atoms with Gasteiger partial charge in [-0.1, -0.05) is 42.5 Å². The number of fused-ring (bicyclic) bond motifs is 1. The number of rotatable bonds is 6. The molecule has 0 fully saturated rings. The second kappa shape index (κ2) is 9.43. The van der Waals surface area contributed by atoms with E-state index in [9.17, 15) is 14.0 Å². The molecule has 1 N–H and O–H groups in total. The summed E-state index contributed by atoms with van der Waals surface area (Å²) in [5.74, 6) is -0.580. The Kier molecular flexibility index (Phi) is 6.47. The number of thiophene rings is 1. The molecule has 1 unspecified atom stereocenters. The molecule has 0 saturated heterocycles. The van der Waals surface area contributed by atoms with Crippen molar-refractivity contribution in [2.45, 2.75) is 38.5 Å². The molecule has 0 spiro atoms. The number of hydrogen-bond acceptors (Lipinski definition) is 4. The minimum absolute atomic E-state index is 0.109. The van der Waals surface area contributed by atoms with Gasteiger partial charge in [-0.05, 0) is 60.9 Å². The van der Waals surface area contributed by atoms with Crippen LogP contribution in [0.15, 0.2) is 54.6 Å². The topological polar surface area (TPSA) is 55.4 Å². The summed E-state index contributed by atoms with van der Waals surface area (Å²) in [6.07, 6.45) is 2.67. The van der Waals surface area contributed by atoms with Crippen LogP contribution in [0.2, 0.25) is 0 Å². The van der Waals surface area contributed by atoms with Crippen LogP contribution in [-0.2, 0) is 28.8 Å². The zero-order valence-electron chi connectivity index (χ0n) is 17.3. The largest absolute Gasteiger partial charge is 0.462 e.